The number of morpholine rings is 1. The highest BCUT2D eigenvalue weighted by Gasteiger charge is 2.18. The number of aromatic nitrogens is 4. The second-order valence-corrected chi connectivity index (χ2v) is 7.97. The lowest BCUT2D eigenvalue weighted by Crippen LogP contribution is -2.36. The van der Waals surface area contributed by atoms with Crippen LogP contribution in [0.3, 0.4) is 0 Å². The Morgan fingerprint density at radius 2 is 1.55 bits per heavy atom. The van der Waals surface area contributed by atoms with Crippen molar-refractivity contribution in [3.63, 3.8) is 0 Å². The molecule has 1 aliphatic rings. The van der Waals surface area contributed by atoms with Crippen LogP contribution in [0.1, 0.15) is 22.6 Å². The van der Waals surface area contributed by atoms with Crippen molar-refractivity contribution in [2.75, 3.05) is 36.5 Å². The number of ether oxygens (including phenoxy) is 1. The van der Waals surface area contributed by atoms with Gasteiger partial charge < -0.3 is 15.0 Å². The first-order chi connectivity index (χ1) is 16.4. The van der Waals surface area contributed by atoms with E-state index in [4.69, 9.17) is 4.74 Å². The van der Waals surface area contributed by atoms with Gasteiger partial charge in [0.15, 0.2) is 0 Å². The lowest BCUT2D eigenvalue weighted by molar-refractivity contribution is 0.122. The molecule has 7 nitrogen and oxygen atoms in total. The molecule has 0 amide bonds. The summed E-state index contributed by atoms with van der Waals surface area (Å²) in [6.45, 7) is 3.23. The first-order valence-electron chi connectivity index (χ1n) is 11.2. The molecular formula is C26H26N6O. The molecule has 4 aromatic rings. The van der Waals surface area contributed by atoms with Crippen molar-refractivity contribution >= 4 is 17.3 Å². The molecule has 0 atom stereocenters. The smallest absolute Gasteiger partial charge is 0.133 e. The molecule has 1 aliphatic heterocycles. The number of nitrogens with zero attached hydrogens (tertiary/aromatic N) is 5. The topological polar surface area (TPSA) is 76.1 Å². The van der Waals surface area contributed by atoms with Crippen LogP contribution in [0.25, 0.3) is 0 Å². The molecule has 1 saturated heterocycles. The minimum absolute atomic E-state index is 0.124. The summed E-state index contributed by atoms with van der Waals surface area (Å²) in [5, 5.41) is 3.46. The number of anilines is 3. The minimum atomic E-state index is 0.124. The van der Waals surface area contributed by atoms with Crippen molar-refractivity contribution in [3.8, 4) is 0 Å². The van der Waals surface area contributed by atoms with E-state index in [2.05, 4.69) is 54.4 Å². The van der Waals surface area contributed by atoms with Gasteiger partial charge in [-0.1, -0.05) is 18.2 Å². The average molecular weight is 439 g/mol. The van der Waals surface area contributed by atoms with Gasteiger partial charge in [0, 0.05) is 50.0 Å². The Morgan fingerprint density at radius 3 is 2.18 bits per heavy atom. The Morgan fingerprint density at radius 1 is 0.818 bits per heavy atom. The van der Waals surface area contributed by atoms with Gasteiger partial charge in [-0.3, -0.25) is 9.97 Å². The molecule has 0 aromatic carbocycles. The Kier molecular flexibility index (Phi) is 6.49. The molecule has 1 N–H and O–H groups in total. The lowest BCUT2D eigenvalue weighted by atomic mass is 9.87. The van der Waals surface area contributed by atoms with Gasteiger partial charge >= 0.3 is 0 Å². The molecule has 33 heavy (non-hydrogen) atoms. The monoisotopic (exact) mass is 438 g/mol. The van der Waals surface area contributed by atoms with Crippen molar-refractivity contribution in [2.45, 2.75) is 12.3 Å². The maximum Gasteiger partial charge on any atom is 0.133 e. The lowest BCUT2D eigenvalue weighted by Gasteiger charge is -2.27. The zero-order valence-electron chi connectivity index (χ0n) is 18.3. The molecule has 0 unspecified atom stereocenters. The third-order valence-electron chi connectivity index (χ3n) is 5.83. The minimum Gasteiger partial charge on any atom is -0.378 e. The van der Waals surface area contributed by atoms with Crippen molar-refractivity contribution < 1.29 is 4.74 Å². The first kappa shape index (κ1) is 21.0. The van der Waals surface area contributed by atoms with Gasteiger partial charge in [0.1, 0.15) is 11.6 Å². The molecular weight excluding hydrogens is 412 g/mol. The van der Waals surface area contributed by atoms with E-state index in [0.29, 0.717) is 0 Å². The van der Waals surface area contributed by atoms with E-state index in [1.165, 1.54) is 0 Å². The van der Waals surface area contributed by atoms with Crippen molar-refractivity contribution in [1.82, 2.24) is 19.9 Å². The summed E-state index contributed by atoms with van der Waals surface area (Å²) in [5.74, 6) is 1.92. The summed E-state index contributed by atoms with van der Waals surface area (Å²) in [5.41, 5.74) is 4.33. The third kappa shape index (κ3) is 5.15. The van der Waals surface area contributed by atoms with Crippen LogP contribution in [0.15, 0.2) is 85.7 Å². The summed E-state index contributed by atoms with van der Waals surface area (Å²) in [7, 11) is 0. The van der Waals surface area contributed by atoms with Crippen LogP contribution in [0, 0.1) is 0 Å². The summed E-state index contributed by atoms with van der Waals surface area (Å²) < 4.78 is 5.43. The van der Waals surface area contributed by atoms with Crippen molar-refractivity contribution in [3.05, 3.63) is 102 Å². The van der Waals surface area contributed by atoms with Crippen LogP contribution in [0.4, 0.5) is 17.3 Å². The molecule has 1 fully saturated rings. The van der Waals surface area contributed by atoms with E-state index in [9.17, 15) is 0 Å². The zero-order valence-corrected chi connectivity index (χ0v) is 18.3. The zero-order chi connectivity index (χ0) is 22.3. The number of pyridine rings is 4. The van der Waals surface area contributed by atoms with Crippen LogP contribution >= 0.6 is 0 Å². The number of hydrogen-bond acceptors (Lipinski definition) is 7. The number of nitrogens with one attached hydrogen (secondary N) is 1. The molecule has 5 heterocycles. The van der Waals surface area contributed by atoms with E-state index < -0.39 is 0 Å². The van der Waals surface area contributed by atoms with Crippen LogP contribution in [-0.2, 0) is 11.2 Å². The number of rotatable bonds is 7. The van der Waals surface area contributed by atoms with Crippen LogP contribution < -0.4 is 10.2 Å². The SMILES string of the molecule is c1cncc(C(Cc2cccnc2Nc2ccc(N3CCOCC3)nc2)c2cccnc2)c1. The Labute approximate surface area is 193 Å². The molecule has 0 radical (unpaired) electrons. The fraction of sp³-hybridized carbons (Fsp3) is 0.231. The highest BCUT2D eigenvalue weighted by molar-refractivity contribution is 5.60. The quantitative estimate of drug-likeness (QED) is 0.463. The molecule has 0 spiro atoms. The Balaban J connectivity index is 1.38. The van der Waals surface area contributed by atoms with Gasteiger partial charge in [0.05, 0.1) is 25.1 Å². The molecule has 4 aromatic heterocycles. The summed E-state index contributed by atoms with van der Waals surface area (Å²) in [6, 6.07) is 16.4. The van der Waals surface area contributed by atoms with E-state index in [1.54, 1.807) is 12.4 Å². The molecule has 166 valence electrons. The third-order valence-corrected chi connectivity index (χ3v) is 5.83. The van der Waals surface area contributed by atoms with Gasteiger partial charge in [0.25, 0.3) is 0 Å². The largest absolute Gasteiger partial charge is 0.378 e. The highest BCUT2D eigenvalue weighted by Crippen LogP contribution is 2.30. The molecule has 0 saturated carbocycles. The molecule has 0 bridgehead atoms. The molecule has 7 heteroatoms. The normalized spacial score (nSPS) is 13.8. The Bertz CT molecular complexity index is 1110. The number of hydrogen-bond donors (Lipinski definition) is 1. The van der Waals surface area contributed by atoms with E-state index >= 15 is 0 Å². The predicted molar refractivity (Wildman–Crippen MR) is 129 cm³/mol. The predicted octanol–water partition coefficient (Wildman–Crippen LogP) is 4.22. The van der Waals surface area contributed by atoms with Gasteiger partial charge in [-0.25, -0.2) is 9.97 Å². The van der Waals surface area contributed by atoms with Crippen molar-refractivity contribution in [1.29, 1.82) is 0 Å². The van der Waals surface area contributed by atoms with Gasteiger partial charge in [-0.2, -0.15) is 0 Å². The van der Waals surface area contributed by atoms with Crippen LogP contribution in [-0.4, -0.2) is 46.2 Å². The maximum atomic E-state index is 5.43. The van der Waals surface area contributed by atoms with Gasteiger partial charge in [-0.15, -0.1) is 0 Å². The average Bonchev–Trinajstić information content (AvgIpc) is 2.90. The fourth-order valence-corrected chi connectivity index (χ4v) is 4.10. The Hall–Kier alpha value is -3.84. The second-order valence-electron chi connectivity index (χ2n) is 7.97. The molecule has 5 rings (SSSR count). The van der Waals surface area contributed by atoms with E-state index in [0.717, 1.165) is 66.7 Å². The standard InChI is InChI=1S/C26H26N6O/c1-5-21(17-27-9-1)24(22-6-2-10-28-18-22)16-20-4-3-11-29-26(20)31-23-7-8-25(30-19-23)32-12-14-33-15-13-32/h1-11,17-19,24H,12-16H2,(H,29,31). The van der Waals surface area contributed by atoms with E-state index in [1.807, 2.05) is 49.1 Å². The van der Waals surface area contributed by atoms with Gasteiger partial charge in [-0.05, 0) is 53.4 Å². The first-order valence-corrected chi connectivity index (χ1v) is 11.2. The molecule has 0 aliphatic carbocycles. The summed E-state index contributed by atoms with van der Waals surface area (Å²) in [4.78, 5) is 20.2. The van der Waals surface area contributed by atoms with Gasteiger partial charge in [0.2, 0.25) is 0 Å². The summed E-state index contributed by atoms with van der Waals surface area (Å²) in [6.07, 6.45) is 11.9. The second kappa shape index (κ2) is 10.2. The van der Waals surface area contributed by atoms with Crippen LogP contribution in [0.5, 0.6) is 0 Å². The summed E-state index contributed by atoms with van der Waals surface area (Å²) >= 11 is 0. The van der Waals surface area contributed by atoms with E-state index in [-0.39, 0.29) is 5.92 Å². The maximum absolute atomic E-state index is 5.43. The van der Waals surface area contributed by atoms with Crippen LogP contribution in [0.2, 0.25) is 0 Å². The fourth-order valence-electron chi connectivity index (χ4n) is 4.10. The van der Waals surface area contributed by atoms with Crippen molar-refractivity contribution in [2.24, 2.45) is 0 Å². The highest BCUT2D eigenvalue weighted by atomic mass is 16.5.